The van der Waals surface area contributed by atoms with Crippen LogP contribution in [0.3, 0.4) is 0 Å². The highest BCUT2D eigenvalue weighted by Gasteiger charge is 2.27. The summed E-state index contributed by atoms with van der Waals surface area (Å²) < 4.78 is 36.3. The predicted molar refractivity (Wildman–Crippen MR) is 144 cm³/mol. The maximum absolute atomic E-state index is 12.6. The first kappa shape index (κ1) is 34.5. The lowest BCUT2D eigenvalue weighted by atomic mass is 10.1. The molecule has 226 valence electrons. The normalized spacial score (nSPS) is 13.8. The van der Waals surface area contributed by atoms with Crippen LogP contribution in [0.4, 0.5) is 14.4 Å². The molecular formula is C28H43NO11. The Hall–Kier alpha value is -3.54. The zero-order valence-corrected chi connectivity index (χ0v) is 24.9. The third-order valence-electron chi connectivity index (χ3n) is 4.90. The molecule has 0 saturated carbocycles. The molecule has 2 N–H and O–H groups in total. The number of hydrogen-bond donors (Lipinski definition) is 1. The van der Waals surface area contributed by atoms with Gasteiger partial charge in [0.05, 0.1) is 6.61 Å². The standard InChI is InChI=1S/C28H43NO11/c1-10-11-14-34-24(31)36-18(3)17(2)35-23(30)20(29)15-19-12-13-21(37-25(32)39-27(4,5)6)22(16-19)38-26(33)40-28(7,8)9/h12-13,16-18,20H,10-11,14-15,29H2,1-9H3/t17-,18?,20-/m0/s1. The second-order valence-electron chi connectivity index (χ2n) is 11.1. The first-order valence-electron chi connectivity index (χ1n) is 13.1. The van der Waals surface area contributed by atoms with Gasteiger partial charge in [0, 0.05) is 0 Å². The summed E-state index contributed by atoms with van der Waals surface area (Å²) in [6.07, 6.45) is -2.90. The Morgan fingerprint density at radius 3 is 1.85 bits per heavy atom. The highest BCUT2D eigenvalue weighted by atomic mass is 16.8. The fourth-order valence-electron chi connectivity index (χ4n) is 2.85. The van der Waals surface area contributed by atoms with Gasteiger partial charge in [-0.05, 0) is 85.9 Å². The average Bonchev–Trinajstić information content (AvgIpc) is 2.78. The molecule has 0 spiro atoms. The van der Waals surface area contributed by atoms with Crippen LogP contribution >= 0.6 is 0 Å². The van der Waals surface area contributed by atoms with E-state index in [4.69, 9.17) is 38.9 Å². The van der Waals surface area contributed by atoms with Gasteiger partial charge in [-0.2, -0.15) is 0 Å². The van der Waals surface area contributed by atoms with E-state index in [0.717, 1.165) is 6.42 Å². The van der Waals surface area contributed by atoms with Gasteiger partial charge in [-0.3, -0.25) is 4.79 Å². The fourth-order valence-corrected chi connectivity index (χ4v) is 2.85. The minimum Gasteiger partial charge on any atom is -0.458 e. The van der Waals surface area contributed by atoms with Crippen molar-refractivity contribution in [1.29, 1.82) is 0 Å². The van der Waals surface area contributed by atoms with Crippen molar-refractivity contribution in [3.63, 3.8) is 0 Å². The number of nitrogens with two attached hydrogens (primary N) is 1. The number of esters is 1. The minimum atomic E-state index is -1.11. The summed E-state index contributed by atoms with van der Waals surface area (Å²) in [5.74, 6) is -0.994. The van der Waals surface area contributed by atoms with E-state index in [1.165, 1.54) is 18.2 Å². The number of carbonyl (C=O) groups is 4. The van der Waals surface area contributed by atoms with Crippen molar-refractivity contribution in [2.45, 2.75) is 111 Å². The van der Waals surface area contributed by atoms with Crippen molar-refractivity contribution in [2.24, 2.45) is 5.73 Å². The summed E-state index contributed by atoms with van der Waals surface area (Å²) >= 11 is 0. The van der Waals surface area contributed by atoms with Crippen LogP contribution < -0.4 is 15.2 Å². The lowest BCUT2D eigenvalue weighted by Crippen LogP contribution is -2.39. The van der Waals surface area contributed by atoms with Gasteiger partial charge >= 0.3 is 24.4 Å². The molecule has 0 bridgehead atoms. The average molecular weight is 570 g/mol. The molecule has 0 radical (unpaired) electrons. The SMILES string of the molecule is CCCCOC(=O)OC(C)[C@H](C)OC(=O)[C@@H](N)Cc1ccc(OC(=O)OC(C)(C)C)c(OC(=O)OC(C)(C)C)c1. The van der Waals surface area contributed by atoms with Crippen LogP contribution in [-0.2, 0) is 34.9 Å². The molecule has 1 rings (SSSR count). The van der Waals surface area contributed by atoms with Crippen LogP contribution in [-0.4, -0.2) is 60.5 Å². The summed E-state index contributed by atoms with van der Waals surface area (Å²) in [4.78, 5) is 48.9. The van der Waals surface area contributed by atoms with Crippen LogP contribution in [0, 0.1) is 0 Å². The molecule has 3 atom stereocenters. The van der Waals surface area contributed by atoms with E-state index < -0.39 is 53.9 Å². The summed E-state index contributed by atoms with van der Waals surface area (Å²) in [6.45, 7) is 15.3. The summed E-state index contributed by atoms with van der Waals surface area (Å²) in [7, 11) is 0. The highest BCUT2D eigenvalue weighted by Crippen LogP contribution is 2.31. The van der Waals surface area contributed by atoms with Gasteiger partial charge in [0.15, 0.2) is 11.5 Å². The van der Waals surface area contributed by atoms with E-state index in [1.807, 2.05) is 6.92 Å². The highest BCUT2D eigenvalue weighted by molar-refractivity contribution is 5.76. The van der Waals surface area contributed by atoms with Gasteiger partial charge in [0.1, 0.15) is 29.5 Å². The molecule has 1 unspecified atom stereocenters. The van der Waals surface area contributed by atoms with Gasteiger partial charge in [-0.1, -0.05) is 19.4 Å². The molecule has 12 nitrogen and oxygen atoms in total. The van der Waals surface area contributed by atoms with E-state index in [-0.39, 0.29) is 24.5 Å². The Balaban J connectivity index is 2.93. The van der Waals surface area contributed by atoms with E-state index in [2.05, 4.69) is 0 Å². The van der Waals surface area contributed by atoms with Crippen molar-refractivity contribution in [3.8, 4) is 11.5 Å². The zero-order valence-electron chi connectivity index (χ0n) is 24.9. The van der Waals surface area contributed by atoms with E-state index in [0.29, 0.717) is 12.0 Å². The third-order valence-corrected chi connectivity index (χ3v) is 4.90. The molecule has 0 aliphatic heterocycles. The van der Waals surface area contributed by atoms with E-state index in [9.17, 15) is 19.2 Å². The van der Waals surface area contributed by atoms with Gasteiger partial charge in [-0.15, -0.1) is 0 Å². The van der Waals surface area contributed by atoms with E-state index in [1.54, 1.807) is 55.4 Å². The zero-order chi connectivity index (χ0) is 30.7. The molecule has 0 aliphatic carbocycles. The number of unbranched alkanes of at least 4 members (excludes halogenated alkanes) is 1. The summed E-state index contributed by atoms with van der Waals surface area (Å²) in [5, 5.41) is 0. The lowest BCUT2D eigenvalue weighted by molar-refractivity contribution is -0.155. The second-order valence-corrected chi connectivity index (χ2v) is 11.1. The Labute approximate surface area is 235 Å². The molecular weight excluding hydrogens is 526 g/mol. The number of ether oxygens (including phenoxy) is 7. The molecule has 0 fully saturated rings. The van der Waals surface area contributed by atoms with Crippen LogP contribution in [0.1, 0.15) is 80.7 Å². The van der Waals surface area contributed by atoms with Gasteiger partial charge in [0.25, 0.3) is 0 Å². The van der Waals surface area contributed by atoms with Gasteiger partial charge in [0.2, 0.25) is 0 Å². The molecule has 0 amide bonds. The van der Waals surface area contributed by atoms with Gasteiger partial charge in [-0.25, -0.2) is 14.4 Å². The molecule has 0 heterocycles. The molecule has 1 aromatic carbocycles. The number of benzene rings is 1. The number of carbonyl (C=O) groups excluding carboxylic acids is 4. The molecule has 0 aliphatic rings. The predicted octanol–water partition coefficient (Wildman–Crippen LogP) is 5.46. The third kappa shape index (κ3) is 14.0. The van der Waals surface area contributed by atoms with Crippen molar-refractivity contribution in [2.75, 3.05) is 6.61 Å². The maximum Gasteiger partial charge on any atom is 0.514 e. The Morgan fingerprint density at radius 1 is 0.800 bits per heavy atom. The lowest BCUT2D eigenvalue weighted by Gasteiger charge is -2.22. The van der Waals surface area contributed by atoms with Gasteiger partial charge < -0.3 is 38.9 Å². The first-order valence-corrected chi connectivity index (χ1v) is 13.1. The van der Waals surface area contributed by atoms with Crippen molar-refractivity contribution >= 4 is 24.4 Å². The topological polar surface area (TPSA) is 159 Å². The summed E-state index contributed by atoms with van der Waals surface area (Å²) in [5.41, 5.74) is 4.88. The smallest absolute Gasteiger partial charge is 0.458 e. The molecule has 12 heteroatoms. The van der Waals surface area contributed by atoms with Crippen LogP contribution in [0.25, 0.3) is 0 Å². The number of hydrogen-bond acceptors (Lipinski definition) is 12. The van der Waals surface area contributed by atoms with Crippen molar-refractivity contribution < 1.29 is 52.3 Å². The minimum absolute atomic E-state index is 0.0166. The Bertz CT molecular complexity index is 1010. The fraction of sp³-hybridized carbons (Fsp3) is 0.643. The molecule has 40 heavy (non-hydrogen) atoms. The quantitative estimate of drug-likeness (QED) is 0.155. The van der Waals surface area contributed by atoms with Crippen LogP contribution in [0.2, 0.25) is 0 Å². The second kappa shape index (κ2) is 15.3. The summed E-state index contributed by atoms with van der Waals surface area (Å²) in [6, 6.07) is 3.19. The number of rotatable bonds is 11. The Kier molecular flexibility index (Phi) is 13.2. The van der Waals surface area contributed by atoms with E-state index >= 15 is 0 Å². The Morgan fingerprint density at radius 2 is 1.32 bits per heavy atom. The molecule has 1 aromatic rings. The monoisotopic (exact) mass is 569 g/mol. The molecule has 0 aromatic heterocycles. The van der Waals surface area contributed by atoms with Crippen LogP contribution in [0.15, 0.2) is 18.2 Å². The first-order chi connectivity index (χ1) is 18.4. The van der Waals surface area contributed by atoms with Crippen molar-refractivity contribution in [1.82, 2.24) is 0 Å². The molecule has 0 saturated heterocycles. The van der Waals surface area contributed by atoms with Crippen LogP contribution in [0.5, 0.6) is 11.5 Å². The van der Waals surface area contributed by atoms with Crippen molar-refractivity contribution in [3.05, 3.63) is 23.8 Å². The maximum atomic E-state index is 12.6. The largest absolute Gasteiger partial charge is 0.514 e.